The van der Waals surface area contributed by atoms with E-state index in [1.165, 1.54) is 0 Å². The molecular formula is C10H11ClN2O. The van der Waals surface area contributed by atoms with Crippen LogP contribution >= 0.6 is 12.4 Å². The molecule has 1 aromatic rings. The Balaban J connectivity index is 0.000000980. The number of nitrogens with two attached hydrogens (primary N) is 1. The van der Waals surface area contributed by atoms with E-state index in [2.05, 4.69) is 5.32 Å². The van der Waals surface area contributed by atoms with Crippen LogP contribution in [0.25, 0.3) is 6.08 Å². The number of halogens is 1. The van der Waals surface area contributed by atoms with Gasteiger partial charge in [0.2, 0.25) is 5.91 Å². The first-order valence-corrected chi connectivity index (χ1v) is 4.10. The molecule has 0 saturated heterocycles. The molecule has 3 nitrogen and oxygen atoms in total. The molecule has 0 spiro atoms. The molecule has 0 fully saturated rings. The van der Waals surface area contributed by atoms with E-state index in [0.717, 1.165) is 17.7 Å². The minimum absolute atomic E-state index is 0. The van der Waals surface area contributed by atoms with Gasteiger partial charge in [0.05, 0.1) is 0 Å². The zero-order chi connectivity index (χ0) is 9.26. The summed E-state index contributed by atoms with van der Waals surface area (Å²) in [6, 6.07) is 5.48. The molecule has 1 aromatic carbocycles. The van der Waals surface area contributed by atoms with Gasteiger partial charge >= 0.3 is 0 Å². The van der Waals surface area contributed by atoms with Crippen LogP contribution in [0.2, 0.25) is 0 Å². The number of carbonyl (C=O) groups is 1. The van der Waals surface area contributed by atoms with Crippen molar-refractivity contribution in [2.45, 2.75) is 6.54 Å². The van der Waals surface area contributed by atoms with Crippen LogP contribution in [0.1, 0.15) is 21.5 Å². The summed E-state index contributed by atoms with van der Waals surface area (Å²) in [4.78, 5) is 10.9. The summed E-state index contributed by atoms with van der Waals surface area (Å²) in [5, 5.41) is 3.07. The number of benzene rings is 1. The standard InChI is InChI=1S/C10H10N2O.ClH/c11-10(13)8-2-1-7-3-4-12-6-9(7)5-8;/h1-5,12H,6H2,(H2,11,13);1H. The van der Waals surface area contributed by atoms with Crippen LogP contribution in [0, 0.1) is 0 Å². The molecule has 2 rings (SSSR count). The molecule has 4 heteroatoms. The van der Waals surface area contributed by atoms with E-state index in [9.17, 15) is 4.79 Å². The monoisotopic (exact) mass is 210 g/mol. The van der Waals surface area contributed by atoms with Gasteiger partial charge in [0.15, 0.2) is 0 Å². The van der Waals surface area contributed by atoms with Crippen molar-refractivity contribution in [2.24, 2.45) is 5.73 Å². The van der Waals surface area contributed by atoms with Gasteiger partial charge in [-0.15, -0.1) is 12.4 Å². The Labute approximate surface area is 88.4 Å². The fraction of sp³-hybridized carbons (Fsp3) is 0.100. The van der Waals surface area contributed by atoms with Gasteiger partial charge in [-0.3, -0.25) is 4.79 Å². The Morgan fingerprint density at radius 1 is 1.43 bits per heavy atom. The molecule has 0 aliphatic carbocycles. The zero-order valence-corrected chi connectivity index (χ0v) is 8.30. The van der Waals surface area contributed by atoms with Crippen molar-refractivity contribution in [3.05, 3.63) is 41.1 Å². The van der Waals surface area contributed by atoms with Crippen LogP contribution in [-0.4, -0.2) is 5.91 Å². The average Bonchev–Trinajstić information content (AvgIpc) is 2.17. The van der Waals surface area contributed by atoms with E-state index in [1.807, 2.05) is 24.4 Å². The molecule has 0 atom stereocenters. The quantitative estimate of drug-likeness (QED) is 0.734. The molecule has 0 saturated carbocycles. The van der Waals surface area contributed by atoms with Crippen molar-refractivity contribution in [1.29, 1.82) is 0 Å². The molecule has 1 aliphatic rings. The van der Waals surface area contributed by atoms with Gasteiger partial charge in [-0.05, 0) is 35.5 Å². The number of hydrogen-bond acceptors (Lipinski definition) is 2. The second kappa shape index (κ2) is 4.15. The normalized spacial score (nSPS) is 12.3. The summed E-state index contributed by atoms with van der Waals surface area (Å²) in [6.07, 6.45) is 3.87. The van der Waals surface area contributed by atoms with Crippen LogP contribution in [0.4, 0.5) is 0 Å². The largest absolute Gasteiger partial charge is 0.387 e. The first kappa shape index (κ1) is 10.6. The summed E-state index contributed by atoms with van der Waals surface area (Å²) in [6.45, 7) is 0.757. The molecule has 0 radical (unpaired) electrons. The Kier molecular flexibility index (Phi) is 3.14. The lowest BCUT2D eigenvalue weighted by atomic mass is 10.0. The highest BCUT2D eigenvalue weighted by molar-refractivity contribution is 5.93. The fourth-order valence-electron chi connectivity index (χ4n) is 1.39. The van der Waals surface area contributed by atoms with Gasteiger partial charge in [0.25, 0.3) is 0 Å². The summed E-state index contributed by atoms with van der Waals surface area (Å²) in [5.74, 6) is -0.377. The molecule has 1 heterocycles. The average molecular weight is 211 g/mol. The minimum Gasteiger partial charge on any atom is -0.387 e. The highest BCUT2D eigenvalue weighted by Crippen LogP contribution is 2.16. The van der Waals surface area contributed by atoms with Gasteiger partial charge in [-0.2, -0.15) is 0 Å². The number of rotatable bonds is 1. The summed E-state index contributed by atoms with van der Waals surface area (Å²) < 4.78 is 0. The summed E-state index contributed by atoms with van der Waals surface area (Å²) >= 11 is 0. The Bertz CT molecular complexity index is 388. The number of amides is 1. The van der Waals surface area contributed by atoms with E-state index in [4.69, 9.17) is 5.73 Å². The SMILES string of the molecule is Cl.NC(=O)c1ccc2c(c1)CNC=C2. The lowest BCUT2D eigenvalue weighted by Crippen LogP contribution is -2.14. The number of carbonyl (C=O) groups excluding carboxylic acids is 1. The smallest absolute Gasteiger partial charge is 0.248 e. The third-order valence-electron chi connectivity index (χ3n) is 2.10. The highest BCUT2D eigenvalue weighted by atomic mass is 35.5. The number of primary amides is 1. The molecule has 0 aromatic heterocycles. The molecular weight excluding hydrogens is 200 g/mol. The van der Waals surface area contributed by atoms with Crippen molar-refractivity contribution < 1.29 is 4.79 Å². The van der Waals surface area contributed by atoms with Gasteiger partial charge in [0, 0.05) is 12.1 Å². The molecule has 3 N–H and O–H groups in total. The predicted octanol–water partition coefficient (Wildman–Crippen LogP) is 1.28. The zero-order valence-electron chi connectivity index (χ0n) is 7.49. The Morgan fingerprint density at radius 3 is 2.93 bits per heavy atom. The first-order chi connectivity index (χ1) is 6.27. The third kappa shape index (κ3) is 1.88. The van der Waals surface area contributed by atoms with Crippen molar-refractivity contribution in [3.8, 4) is 0 Å². The lowest BCUT2D eigenvalue weighted by Gasteiger charge is -2.12. The molecule has 14 heavy (non-hydrogen) atoms. The Morgan fingerprint density at radius 2 is 2.21 bits per heavy atom. The number of fused-ring (bicyclic) bond motifs is 1. The maximum atomic E-state index is 10.9. The lowest BCUT2D eigenvalue weighted by molar-refractivity contribution is 0.1000. The summed E-state index contributed by atoms with van der Waals surface area (Å²) in [7, 11) is 0. The molecule has 0 bridgehead atoms. The Hall–Kier alpha value is -1.48. The van der Waals surface area contributed by atoms with Crippen LogP contribution in [-0.2, 0) is 6.54 Å². The fourth-order valence-corrected chi connectivity index (χ4v) is 1.39. The topological polar surface area (TPSA) is 55.1 Å². The van der Waals surface area contributed by atoms with E-state index in [0.29, 0.717) is 5.56 Å². The van der Waals surface area contributed by atoms with Gasteiger partial charge in [-0.25, -0.2) is 0 Å². The van der Waals surface area contributed by atoms with E-state index >= 15 is 0 Å². The maximum Gasteiger partial charge on any atom is 0.248 e. The van der Waals surface area contributed by atoms with Crippen LogP contribution in [0.5, 0.6) is 0 Å². The number of nitrogens with one attached hydrogen (secondary N) is 1. The minimum atomic E-state index is -0.377. The van der Waals surface area contributed by atoms with E-state index in [1.54, 1.807) is 6.07 Å². The second-order valence-electron chi connectivity index (χ2n) is 2.99. The third-order valence-corrected chi connectivity index (χ3v) is 2.10. The first-order valence-electron chi connectivity index (χ1n) is 4.10. The number of hydrogen-bond donors (Lipinski definition) is 2. The van der Waals surface area contributed by atoms with E-state index < -0.39 is 0 Å². The molecule has 1 aliphatic heterocycles. The van der Waals surface area contributed by atoms with Crippen LogP contribution < -0.4 is 11.1 Å². The van der Waals surface area contributed by atoms with Crippen LogP contribution in [0.3, 0.4) is 0 Å². The van der Waals surface area contributed by atoms with Crippen molar-refractivity contribution in [3.63, 3.8) is 0 Å². The second-order valence-corrected chi connectivity index (χ2v) is 2.99. The molecule has 74 valence electrons. The maximum absolute atomic E-state index is 10.9. The van der Waals surface area contributed by atoms with Gasteiger partial charge in [0.1, 0.15) is 0 Å². The van der Waals surface area contributed by atoms with Gasteiger partial charge in [-0.1, -0.05) is 6.07 Å². The highest BCUT2D eigenvalue weighted by Gasteiger charge is 2.06. The van der Waals surface area contributed by atoms with E-state index in [-0.39, 0.29) is 18.3 Å². The summed E-state index contributed by atoms with van der Waals surface area (Å²) in [5.41, 5.74) is 7.99. The predicted molar refractivity (Wildman–Crippen MR) is 58.1 cm³/mol. The van der Waals surface area contributed by atoms with Crippen molar-refractivity contribution >= 4 is 24.4 Å². The van der Waals surface area contributed by atoms with Crippen molar-refractivity contribution in [2.75, 3.05) is 0 Å². The van der Waals surface area contributed by atoms with Crippen molar-refractivity contribution in [1.82, 2.24) is 5.32 Å². The van der Waals surface area contributed by atoms with Gasteiger partial charge < -0.3 is 11.1 Å². The molecule has 1 amide bonds. The van der Waals surface area contributed by atoms with Crippen LogP contribution in [0.15, 0.2) is 24.4 Å². The molecule has 0 unspecified atom stereocenters.